The van der Waals surface area contributed by atoms with Crippen molar-refractivity contribution in [3.63, 3.8) is 0 Å². The number of hydrogen-bond acceptors (Lipinski definition) is 2. The number of rotatable bonds is 7. The Morgan fingerprint density at radius 2 is 1.60 bits per heavy atom. The molecule has 1 heterocycles. The van der Waals surface area contributed by atoms with Crippen molar-refractivity contribution in [2.75, 3.05) is 20.2 Å². The third-order valence-corrected chi connectivity index (χ3v) is 6.41. The minimum atomic E-state index is 1.00. The molecule has 0 atom stereocenters. The van der Waals surface area contributed by atoms with Crippen molar-refractivity contribution >= 4 is 0 Å². The Kier molecular flexibility index (Phi) is 6.86. The van der Waals surface area contributed by atoms with Gasteiger partial charge in [-0.15, -0.1) is 0 Å². The molecule has 4 rings (SSSR count). The van der Waals surface area contributed by atoms with Crippen LogP contribution in [0.15, 0.2) is 66.7 Å². The summed E-state index contributed by atoms with van der Waals surface area (Å²) in [5.74, 6) is 1.04. The summed E-state index contributed by atoms with van der Waals surface area (Å²) in [4.78, 5) is 2.56. The van der Waals surface area contributed by atoms with Gasteiger partial charge in [0.05, 0.1) is 7.11 Å². The first-order valence-corrected chi connectivity index (χ1v) is 11.3. The second kappa shape index (κ2) is 9.95. The second-order valence-electron chi connectivity index (χ2n) is 8.44. The average Bonchev–Trinajstić information content (AvgIpc) is 2.80. The fourth-order valence-corrected chi connectivity index (χ4v) is 4.60. The van der Waals surface area contributed by atoms with E-state index in [0.717, 1.165) is 25.1 Å². The van der Waals surface area contributed by atoms with Crippen molar-refractivity contribution in [2.45, 2.75) is 45.6 Å². The Morgan fingerprint density at radius 3 is 2.37 bits per heavy atom. The third-order valence-electron chi connectivity index (χ3n) is 6.41. The number of likely N-dealkylation sites (tertiary alicyclic amines) is 1. The maximum atomic E-state index is 5.75. The molecule has 0 amide bonds. The minimum Gasteiger partial charge on any atom is -0.496 e. The molecule has 30 heavy (non-hydrogen) atoms. The van der Waals surface area contributed by atoms with Crippen molar-refractivity contribution < 1.29 is 4.74 Å². The van der Waals surface area contributed by atoms with Crippen LogP contribution in [0.1, 0.15) is 41.5 Å². The summed E-state index contributed by atoms with van der Waals surface area (Å²) in [5, 5.41) is 0. The predicted octanol–water partition coefficient (Wildman–Crippen LogP) is 6.44. The highest BCUT2D eigenvalue weighted by Gasteiger charge is 2.14. The lowest BCUT2D eigenvalue weighted by molar-refractivity contribution is 0.218. The maximum absolute atomic E-state index is 5.75. The molecule has 156 valence electrons. The lowest BCUT2D eigenvalue weighted by Gasteiger charge is -2.27. The molecule has 0 aromatic heterocycles. The summed E-state index contributed by atoms with van der Waals surface area (Å²) in [5.41, 5.74) is 8.09. The highest BCUT2D eigenvalue weighted by atomic mass is 16.5. The van der Waals surface area contributed by atoms with Crippen LogP contribution < -0.4 is 4.74 Å². The molecule has 0 unspecified atom stereocenters. The molecule has 0 bridgehead atoms. The highest BCUT2D eigenvalue weighted by molar-refractivity contribution is 5.68. The van der Waals surface area contributed by atoms with Crippen molar-refractivity contribution in [3.05, 3.63) is 89.0 Å². The number of piperidine rings is 1. The standard InChI is InChI=1S/C28H33NO/c1-22-24(12-9-13-27(22)25-10-5-3-6-11-25)16-14-23-15-17-26(28(20-23)30-2)21-29-18-7-4-8-19-29/h3,5-6,9-13,15,17,20H,4,7-8,14,16,18-19,21H2,1-2H3. The van der Waals surface area contributed by atoms with Crippen molar-refractivity contribution in [2.24, 2.45) is 0 Å². The molecule has 0 spiro atoms. The zero-order valence-corrected chi connectivity index (χ0v) is 18.4. The van der Waals surface area contributed by atoms with E-state index in [2.05, 4.69) is 78.6 Å². The molecule has 2 heteroatoms. The van der Waals surface area contributed by atoms with Gasteiger partial charge in [0, 0.05) is 12.1 Å². The van der Waals surface area contributed by atoms with Crippen LogP contribution in [0.5, 0.6) is 5.75 Å². The number of benzene rings is 3. The third kappa shape index (κ3) is 4.94. The van der Waals surface area contributed by atoms with Crippen molar-refractivity contribution in [1.82, 2.24) is 4.90 Å². The largest absolute Gasteiger partial charge is 0.496 e. The van der Waals surface area contributed by atoms with E-state index < -0.39 is 0 Å². The van der Waals surface area contributed by atoms with Crippen LogP contribution in [0.25, 0.3) is 11.1 Å². The molecule has 3 aromatic rings. The van der Waals surface area contributed by atoms with Gasteiger partial charge in [0.2, 0.25) is 0 Å². The lowest BCUT2D eigenvalue weighted by Crippen LogP contribution is -2.29. The lowest BCUT2D eigenvalue weighted by atomic mass is 9.93. The number of methoxy groups -OCH3 is 1. The Bertz CT molecular complexity index is 958. The van der Waals surface area contributed by atoms with E-state index in [4.69, 9.17) is 4.74 Å². The van der Waals surface area contributed by atoms with Gasteiger partial charge in [0.25, 0.3) is 0 Å². The summed E-state index contributed by atoms with van der Waals surface area (Å²) in [6, 6.07) is 24.2. The van der Waals surface area contributed by atoms with Crippen LogP contribution in [0, 0.1) is 6.92 Å². The molecule has 3 aromatic carbocycles. The van der Waals surface area contributed by atoms with E-state index >= 15 is 0 Å². The molecular weight excluding hydrogens is 366 g/mol. The Labute approximate surface area is 181 Å². The van der Waals surface area contributed by atoms with Crippen LogP contribution in [0.2, 0.25) is 0 Å². The van der Waals surface area contributed by atoms with Gasteiger partial charge in [-0.1, -0.05) is 67.1 Å². The van der Waals surface area contributed by atoms with Crippen LogP contribution in [0.3, 0.4) is 0 Å². The van der Waals surface area contributed by atoms with E-state index in [0.29, 0.717) is 0 Å². The zero-order valence-electron chi connectivity index (χ0n) is 18.4. The fraction of sp³-hybridized carbons (Fsp3) is 0.357. The second-order valence-corrected chi connectivity index (χ2v) is 8.44. The summed E-state index contributed by atoms with van der Waals surface area (Å²) >= 11 is 0. The van der Waals surface area contributed by atoms with Gasteiger partial charge in [-0.3, -0.25) is 4.90 Å². The Morgan fingerprint density at radius 1 is 0.800 bits per heavy atom. The molecule has 2 nitrogen and oxygen atoms in total. The van der Waals surface area contributed by atoms with E-state index in [1.165, 1.54) is 65.7 Å². The quantitative estimate of drug-likeness (QED) is 0.453. The topological polar surface area (TPSA) is 12.5 Å². The van der Waals surface area contributed by atoms with Crippen molar-refractivity contribution in [3.8, 4) is 16.9 Å². The molecular formula is C28H33NO. The van der Waals surface area contributed by atoms with E-state index in [1.54, 1.807) is 7.11 Å². The molecule has 1 saturated heterocycles. The monoisotopic (exact) mass is 399 g/mol. The first-order valence-electron chi connectivity index (χ1n) is 11.3. The van der Waals surface area contributed by atoms with E-state index in [9.17, 15) is 0 Å². The molecule has 1 fully saturated rings. The number of ether oxygens (including phenoxy) is 1. The number of aryl methyl sites for hydroxylation is 2. The van der Waals surface area contributed by atoms with Gasteiger partial charge >= 0.3 is 0 Å². The normalized spacial score (nSPS) is 14.6. The van der Waals surface area contributed by atoms with Crippen LogP contribution in [0.4, 0.5) is 0 Å². The Balaban J connectivity index is 1.46. The highest BCUT2D eigenvalue weighted by Crippen LogP contribution is 2.28. The summed E-state index contributed by atoms with van der Waals surface area (Å²) in [6.07, 6.45) is 6.08. The number of hydrogen-bond donors (Lipinski definition) is 0. The van der Waals surface area contributed by atoms with Gasteiger partial charge in [-0.2, -0.15) is 0 Å². The maximum Gasteiger partial charge on any atom is 0.123 e. The first kappa shape index (κ1) is 20.7. The van der Waals surface area contributed by atoms with Gasteiger partial charge < -0.3 is 4.74 Å². The summed E-state index contributed by atoms with van der Waals surface area (Å²) in [6.45, 7) is 5.67. The van der Waals surface area contributed by atoms with Crippen molar-refractivity contribution in [1.29, 1.82) is 0 Å². The van der Waals surface area contributed by atoms with Gasteiger partial charge in [-0.05, 0) is 79.6 Å². The molecule has 0 radical (unpaired) electrons. The van der Waals surface area contributed by atoms with Gasteiger partial charge in [-0.25, -0.2) is 0 Å². The van der Waals surface area contributed by atoms with E-state index in [-0.39, 0.29) is 0 Å². The smallest absolute Gasteiger partial charge is 0.123 e. The van der Waals surface area contributed by atoms with Gasteiger partial charge in [0.1, 0.15) is 5.75 Å². The van der Waals surface area contributed by atoms with Crippen LogP contribution in [-0.4, -0.2) is 25.1 Å². The molecule has 0 aliphatic carbocycles. The minimum absolute atomic E-state index is 1.00. The van der Waals surface area contributed by atoms with Crippen LogP contribution in [-0.2, 0) is 19.4 Å². The van der Waals surface area contributed by atoms with Crippen LogP contribution >= 0.6 is 0 Å². The SMILES string of the molecule is COc1cc(CCc2cccc(-c3ccccc3)c2C)ccc1CN1CCCCC1. The first-order chi connectivity index (χ1) is 14.7. The molecule has 0 saturated carbocycles. The molecule has 1 aliphatic rings. The molecule has 1 aliphatic heterocycles. The van der Waals surface area contributed by atoms with E-state index in [1.807, 2.05) is 0 Å². The van der Waals surface area contributed by atoms with Gasteiger partial charge in [0.15, 0.2) is 0 Å². The Hall–Kier alpha value is -2.58. The summed E-state index contributed by atoms with van der Waals surface area (Å²) in [7, 11) is 1.80. The fourth-order valence-electron chi connectivity index (χ4n) is 4.60. The average molecular weight is 400 g/mol. The number of nitrogens with zero attached hydrogens (tertiary/aromatic N) is 1. The predicted molar refractivity (Wildman–Crippen MR) is 126 cm³/mol. The summed E-state index contributed by atoms with van der Waals surface area (Å²) < 4.78 is 5.75. The molecule has 0 N–H and O–H groups in total. The zero-order chi connectivity index (χ0) is 20.8.